The fourth-order valence-electron chi connectivity index (χ4n) is 1.87. The molecule has 0 bridgehead atoms. The van der Waals surface area contributed by atoms with Crippen LogP contribution in [0.15, 0.2) is 28.8 Å². The van der Waals surface area contributed by atoms with Crippen LogP contribution in [0.3, 0.4) is 0 Å². The molecule has 6 heteroatoms. The van der Waals surface area contributed by atoms with Gasteiger partial charge in [0.1, 0.15) is 5.75 Å². The number of hydrogen-bond donors (Lipinski definition) is 0. The van der Waals surface area contributed by atoms with Crippen molar-refractivity contribution in [2.45, 2.75) is 32.3 Å². The van der Waals surface area contributed by atoms with Gasteiger partial charge in [-0.3, -0.25) is 0 Å². The third kappa shape index (κ3) is 3.39. The highest BCUT2D eigenvalue weighted by Crippen LogP contribution is 2.38. The van der Waals surface area contributed by atoms with E-state index >= 15 is 0 Å². The molecule has 0 amide bonds. The van der Waals surface area contributed by atoms with E-state index in [0.29, 0.717) is 35.6 Å². The number of esters is 1. The smallest absolute Gasteiger partial charge is 0.338 e. The van der Waals surface area contributed by atoms with Crippen LogP contribution in [0.1, 0.15) is 47.8 Å². The van der Waals surface area contributed by atoms with Crippen LogP contribution < -0.4 is 4.74 Å². The lowest BCUT2D eigenvalue weighted by molar-refractivity contribution is 0.0526. The van der Waals surface area contributed by atoms with Crippen molar-refractivity contribution in [2.24, 2.45) is 0 Å². The van der Waals surface area contributed by atoms with E-state index in [-0.39, 0.29) is 12.6 Å². The number of ether oxygens (including phenoxy) is 2. The maximum Gasteiger partial charge on any atom is 0.338 e. The summed E-state index contributed by atoms with van der Waals surface area (Å²) in [6, 6.07) is 6.76. The Morgan fingerprint density at radius 2 is 2.10 bits per heavy atom. The minimum Gasteiger partial charge on any atom is -0.485 e. The standard InChI is InChI=1S/C15H16N2O4/c1-2-19-15(18)11-5-7-12(8-6-11)20-9-13-16-14(21-17-13)10-3-4-10/h5-8,10H,2-4,9H2,1H3. The summed E-state index contributed by atoms with van der Waals surface area (Å²) in [5.41, 5.74) is 0.500. The fourth-order valence-corrected chi connectivity index (χ4v) is 1.87. The topological polar surface area (TPSA) is 74.5 Å². The Labute approximate surface area is 122 Å². The molecule has 110 valence electrons. The maximum absolute atomic E-state index is 11.5. The van der Waals surface area contributed by atoms with Crippen molar-refractivity contribution in [3.63, 3.8) is 0 Å². The Morgan fingerprint density at radius 3 is 2.76 bits per heavy atom. The molecule has 6 nitrogen and oxygen atoms in total. The van der Waals surface area contributed by atoms with Gasteiger partial charge < -0.3 is 14.0 Å². The molecule has 1 heterocycles. The average molecular weight is 288 g/mol. The highest BCUT2D eigenvalue weighted by Gasteiger charge is 2.29. The molecule has 1 aromatic carbocycles. The molecule has 1 saturated carbocycles. The van der Waals surface area contributed by atoms with E-state index < -0.39 is 0 Å². The molecule has 2 aromatic rings. The van der Waals surface area contributed by atoms with Gasteiger partial charge in [-0.1, -0.05) is 5.16 Å². The van der Waals surface area contributed by atoms with Crippen molar-refractivity contribution in [3.8, 4) is 5.75 Å². The van der Waals surface area contributed by atoms with E-state index in [9.17, 15) is 4.79 Å². The number of benzene rings is 1. The molecule has 21 heavy (non-hydrogen) atoms. The zero-order valence-corrected chi connectivity index (χ0v) is 11.7. The number of rotatable bonds is 6. The molecule has 0 spiro atoms. The first-order chi connectivity index (χ1) is 10.3. The van der Waals surface area contributed by atoms with Gasteiger partial charge in [0.25, 0.3) is 0 Å². The van der Waals surface area contributed by atoms with Crippen LogP contribution in [0.2, 0.25) is 0 Å². The Morgan fingerprint density at radius 1 is 1.33 bits per heavy atom. The molecule has 0 N–H and O–H groups in total. The average Bonchev–Trinajstić information content (AvgIpc) is 3.25. The first-order valence-electron chi connectivity index (χ1n) is 6.98. The van der Waals surface area contributed by atoms with Crippen LogP contribution in [0.4, 0.5) is 0 Å². The Hall–Kier alpha value is -2.37. The Kier molecular flexibility index (Phi) is 3.85. The number of hydrogen-bond acceptors (Lipinski definition) is 6. The van der Waals surface area contributed by atoms with Gasteiger partial charge >= 0.3 is 5.97 Å². The molecule has 0 radical (unpaired) electrons. The number of aromatic nitrogens is 2. The van der Waals surface area contributed by atoms with Crippen LogP contribution in [0.5, 0.6) is 5.75 Å². The van der Waals surface area contributed by atoms with Gasteiger partial charge in [-0.15, -0.1) is 0 Å². The minimum atomic E-state index is -0.337. The predicted molar refractivity (Wildman–Crippen MR) is 73.0 cm³/mol. The van der Waals surface area contributed by atoms with E-state index in [1.165, 1.54) is 0 Å². The first kappa shape index (κ1) is 13.6. The molecule has 1 aliphatic carbocycles. The number of nitrogens with zero attached hydrogens (tertiary/aromatic N) is 2. The summed E-state index contributed by atoms with van der Waals surface area (Å²) in [5, 5.41) is 3.88. The molecule has 1 aliphatic rings. The third-order valence-corrected chi connectivity index (χ3v) is 3.14. The summed E-state index contributed by atoms with van der Waals surface area (Å²) in [5.74, 6) is 1.98. The van der Waals surface area contributed by atoms with E-state index in [1.54, 1.807) is 31.2 Å². The lowest BCUT2D eigenvalue weighted by Crippen LogP contribution is -2.04. The second-order valence-electron chi connectivity index (χ2n) is 4.86. The predicted octanol–water partition coefficient (Wildman–Crippen LogP) is 2.70. The first-order valence-corrected chi connectivity index (χ1v) is 6.98. The Balaban J connectivity index is 1.55. The summed E-state index contributed by atoms with van der Waals surface area (Å²) in [6.45, 7) is 2.38. The number of carbonyl (C=O) groups is 1. The van der Waals surface area contributed by atoms with Gasteiger partial charge in [-0.2, -0.15) is 4.98 Å². The Bertz CT molecular complexity index is 617. The second kappa shape index (κ2) is 5.95. The monoisotopic (exact) mass is 288 g/mol. The highest BCUT2D eigenvalue weighted by molar-refractivity contribution is 5.89. The van der Waals surface area contributed by atoms with Gasteiger partial charge in [0.05, 0.1) is 12.2 Å². The fraction of sp³-hybridized carbons (Fsp3) is 0.400. The molecule has 0 aliphatic heterocycles. The second-order valence-corrected chi connectivity index (χ2v) is 4.86. The quantitative estimate of drug-likeness (QED) is 0.761. The molecule has 1 aromatic heterocycles. The molecule has 3 rings (SSSR count). The van der Waals surface area contributed by atoms with E-state index in [2.05, 4.69) is 10.1 Å². The lowest BCUT2D eigenvalue weighted by Gasteiger charge is -2.05. The zero-order valence-electron chi connectivity index (χ0n) is 11.7. The minimum absolute atomic E-state index is 0.245. The van der Waals surface area contributed by atoms with Crippen molar-refractivity contribution in [1.82, 2.24) is 10.1 Å². The summed E-state index contributed by atoms with van der Waals surface area (Å²) in [6.07, 6.45) is 2.25. The van der Waals surface area contributed by atoms with Gasteiger partial charge in [-0.25, -0.2) is 4.79 Å². The molecule has 1 fully saturated rings. The maximum atomic E-state index is 11.5. The van der Waals surface area contributed by atoms with Crippen molar-refractivity contribution < 1.29 is 18.8 Å². The molecular weight excluding hydrogens is 272 g/mol. The zero-order chi connectivity index (χ0) is 14.7. The van der Waals surface area contributed by atoms with Crippen molar-refractivity contribution in [2.75, 3.05) is 6.61 Å². The summed E-state index contributed by atoms with van der Waals surface area (Å²) in [7, 11) is 0. The van der Waals surface area contributed by atoms with Crippen LogP contribution in [0, 0.1) is 0 Å². The molecule has 0 atom stereocenters. The number of carbonyl (C=O) groups excluding carboxylic acids is 1. The largest absolute Gasteiger partial charge is 0.485 e. The lowest BCUT2D eigenvalue weighted by atomic mass is 10.2. The van der Waals surface area contributed by atoms with E-state index in [1.807, 2.05) is 0 Å². The van der Waals surface area contributed by atoms with Crippen LogP contribution >= 0.6 is 0 Å². The van der Waals surface area contributed by atoms with Gasteiger partial charge in [-0.05, 0) is 44.0 Å². The molecular formula is C15H16N2O4. The summed E-state index contributed by atoms with van der Waals surface area (Å²) in [4.78, 5) is 15.8. The van der Waals surface area contributed by atoms with Gasteiger partial charge in [0.2, 0.25) is 11.7 Å². The van der Waals surface area contributed by atoms with Crippen molar-refractivity contribution >= 4 is 5.97 Å². The molecule has 0 saturated heterocycles. The highest BCUT2D eigenvalue weighted by atomic mass is 16.5. The van der Waals surface area contributed by atoms with Crippen LogP contribution in [-0.4, -0.2) is 22.7 Å². The van der Waals surface area contributed by atoms with Gasteiger partial charge in [0, 0.05) is 5.92 Å². The van der Waals surface area contributed by atoms with Crippen molar-refractivity contribution in [1.29, 1.82) is 0 Å². The van der Waals surface area contributed by atoms with Crippen molar-refractivity contribution in [3.05, 3.63) is 41.5 Å². The van der Waals surface area contributed by atoms with Gasteiger partial charge in [0.15, 0.2) is 6.61 Å². The van der Waals surface area contributed by atoms with E-state index in [4.69, 9.17) is 14.0 Å². The van der Waals surface area contributed by atoms with Crippen LogP contribution in [-0.2, 0) is 11.3 Å². The normalized spacial score (nSPS) is 14.0. The summed E-state index contributed by atoms with van der Waals surface area (Å²) < 4.78 is 15.6. The SMILES string of the molecule is CCOC(=O)c1ccc(OCc2noc(C3CC3)n2)cc1. The van der Waals surface area contributed by atoms with Crippen LogP contribution in [0.25, 0.3) is 0 Å². The summed E-state index contributed by atoms with van der Waals surface area (Å²) >= 11 is 0. The third-order valence-electron chi connectivity index (χ3n) is 3.14. The van der Waals surface area contributed by atoms with E-state index in [0.717, 1.165) is 12.8 Å². The molecule has 0 unspecified atom stereocenters.